The Morgan fingerprint density at radius 1 is 1.27 bits per heavy atom. The molecule has 3 nitrogen and oxygen atoms in total. The van der Waals surface area contributed by atoms with Gasteiger partial charge in [0.25, 0.3) is 0 Å². The number of hydrogen-bond donors (Lipinski definition) is 0. The van der Waals surface area contributed by atoms with Gasteiger partial charge in [-0.3, -0.25) is 4.79 Å². The molecule has 0 aromatic heterocycles. The van der Waals surface area contributed by atoms with Crippen molar-refractivity contribution in [3.05, 3.63) is 12.7 Å². The molecule has 0 unspecified atom stereocenters. The second-order valence-corrected chi connectivity index (χ2v) is 5.36. The first-order valence-corrected chi connectivity index (χ1v) is 7.39. The Bertz CT molecular complexity index is 177. The molecule has 0 saturated carbocycles. The highest BCUT2D eigenvalue weighted by molar-refractivity contribution is 6.44. The van der Waals surface area contributed by atoms with E-state index in [0.29, 0.717) is 6.42 Å². The minimum atomic E-state index is -1.44. The Hall–Kier alpha value is -0.453. The molecule has 0 rings (SSSR count). The lowest BCUT2D eigenvalue weighted by molar-refractivity contribution is -0.114. The molecule has 0 aliphatic carbocycles. The van der Waals surface area contributed by atoms with Crippen molar-refractivity contribution >= 4 is 15.1 Å². The zero-order chi connectivity index (χ0) is 11.5. The third kappa shape index (κ3) is 8.54. The topological polar surface area (TPSA) is 35.5 Å². The number of hydrogen-bond acceptors (Lipinski definition) is 3. The molecule has 0 aliphatic heterocycles. The van der Waals surface area contributed by atoms with Crippen LogP contribution in [0, 0.1) is 0 Å². The van der Waals surface area contributed by atoms with Gasteiger partial charge in [-0.15, -0.1) is 0 Å². The van der Waals surface area contributed by atoms with Crippen molar-refractivity contribution < 1.29 is 13.6 Å². The van der Waals surface area contributed by atoms with Crippen molar-refractivity contribution in [3.8, 4) is 0 Å². The lowest BCUT2D eigenvalue weighted by atomic mass is 10.2. The van der Waals surface area contributed by atoms with Gasteiger partial charge in [0.1, 0.15) is 0 Å². The predicted octanol–water partition coefficient (Wildman–Crippen LogP) is 2.21. The molecule has 88 valence electrons. The third-order valence-electron chi connectivity index (χ3n) is 2.05. The molecule has 0 heterocycles. The smallest absolute Gasteiger partial charge is 0.321 e. The van der Waals surface area contributed by atoms with Gasteiger partial charge in [-0.2, -0.15) is 0 Å². The van der Waals surface area contributed by atoms with Crippen molar-refractivity contribution in [2.24, 2.45) is 0 Å². The van der Waals surface area contributed by atoms with Crippen LogP contribution in [0.4, 0.5) is 0 Å². The van der Waals surface area contributed by atoms with E-state index < -0.39 is 9.28 Å². The second kappa shape index (κ2) is 10.1. The third-order valence-corrected chi connectivity index (χ3v) is 4.34. The van der Waals surface area contributed by atoms with Crippen molar-refractivity contribution in [2.75, 3.05) is 13.2 Å². The van der Waals surface area contributed by atoms with E-state index in [1.54, 1.807) is 0 Å². The molecule has 0 amide bonds. The molecule has 0 aliphatic rings. The fourth-order valence-electron chi connectivity index (χ4n) is 1.30. The van der Waals surface area contributed by atoms with Crippen molar-refractivity contribution in [1.29, 1.82) is 0 Å². The Labute approximate surface area is 94.3 Å². The highest BCUT2D eigenvalue weighted by Gasteiger charge is 2.11. The summed E-state index contributed by atoms with van der Waals surface area (Å²) in [6.07, 6.45) is 3.91. The van der Waals surface area contributed by atoms with Crippen LogP contribution >= 0.6 is 0 Å². The Balaban J connectivity index is 3.52. The monoisotopic (exact) mass is 230 g/mol. The van der Waals surface area contributed by atoms with Gasteiger partial charge in [0.05, 0.1) is 0 Å². The number of carbonyl (C=O) groups is 1. The van der Waals surface area contributed by atoms with Gasteiger partial charge < -0.3 is 8.85 Å². The minimum Gasteiger partial charge on any atom is -0.397 e. The van der Waals surface area contributed by atoms with E-state index >= 15 is 0 Å². The van der Waals surface area contributed by atoms with Crippen molar-refractivity contribution in [1.82, 2.24) is 0 Å². The molecular formula is C11H22O3Si. The number of unbranched alkanes of at least 4 members (excludes halogenated alkanes) is 1. The van der Waals surface area contributed by atoms with Crippen LogP contribution < -0.4 is 0 Å². The number of carbonyl (C=O) groups excluding carboxylic acids is 1. The van der Waals surface area contributed by atoms with Crippen LogP contribution in [-0.4, -0.2) is 28.3 Å². The molecular weight excluding hydrogens is 208 g/mol. The van der Waals surface area contributed by atoms with Crippen LogP contribution in [0.25, 0.3) is 0 Å². The van der Waals surface area contributed by atoms with Crippen LogP contribution in [-0.2, 0) is 13.6 Å². The van der Waals surface area contributed by atoms with Crippen LogP contribution in [0.5, 0.6) is 0 Å². The van der Waals surface area contributed by atoms with Crippen LogP contribution in [0.3, 0.4) is 0 Å². The van der Waals surface area contributed by atoms with Gasteiger partial charge in [-0.05, 0) is 32.4 Å². The van der Waals surface area contributed by atoms with E-state index in [9.17, 15) is 4.79 Å². The molecule has 0 atom stereocenters. The molecule has 0 fully saturated rings. The summed E-state index contributed by atoms with van der Waals surface area (Å²) in [4.78, 5) is 10.9. The van der Waals surface area contributed by atoms with E-state index in [0.717, 1.165) is 32.1 Å². The summed E-state index contributed by atoms with van der Waals surface area (Å²) < 4.78 is 11.1. The van der Waals surface area contributed by atoms with Gasteiger partial charge in [-0.25, -0.2) is 0 Å². The van der Waals surface area contributed by atoms with Crippen LogP contribution in [0.15, 0.2) is 12.7 Å². The Kier molecular flexibility index (Phi) is 9.77. The summed E-state index contributed by atoms with van der Waals surface area (Å²) in [5.41, 5.74) is 0. The lowest BCUT2D eigenvalue weighted by Gasteiger charge is -2.14. The minimum absolute atomic E-state index is 0.126. The fraction of sp³-hybridized carbons (Fsp3) is 0.727. The first-order chi connectivity index (χ1) is 7.24. The molecule has 0 spiro atoms. The second-order valence-electron chi connectivity index (χ2n) is 3.26. The maximum absolute atomic E-state index is 10.9. The maximum Gasteiger partial charge on any atom is 0.321 e. The molecule has 0 aromatic rings. The molecule has 0 radical (unpaired) electrons. The summed E-state index contributed by atoms with van der Waals surface area (Å²) in [7, 11) is -1.44. The van der Waals surface area contributed by atoms with E-state index in [4.69, 9.17) is 8.85 Å². The van der Waals surface area contributed by atoms with Gasteiger partial charge in [-0.1, -0.05) is 13.0 Å². The zero-order valence-corrected chi connectivity index (χ0v) is 11.0. The summed E-state index contributed by atoms with van der Waals surface area (Å²) in [5.74, 6) is 0.126. The summed E-state index contributed by atoms with van der Waals surface area (Å²) in [6.45, 7) is 8.87. The SMILES string of the molecule is C=CC(=O)CCCC[SiH](OCC)OCC. The molecule has 4 heteroatoms. The van der Waals surface area contributed by atoms with Gasteiger partial charge >= 0.3 is 9.28 Å². The summed E-state index contributed by atoms with van der Waals surface area (Å²) >= 11 is 0. The van der Waals surface area contributed by atoms with E-state index in [1.165, 1.54) is 6.08 Å². The van der Waals surface area contributed by atoms with Gasteiger partial charge in [0, 0.05) is 19.6 Å². The standard InChI is InChI=1S/C11H22O3Si/c1-4-11(12)9-7-8-10-15(13-5-2)14-6-3/h4,15H,1,5-10H2,2-3H3. The number of ketones is 1. The summed E-state index contributed by atoms with van der Waals surface area (Å²) in [5, 5.41) is 0. The Morgan fingerprint density at radius 3 is 2.33 bits per heavy atom. The average Bonchev–Trinajstić information content (AvgIpc) is 2.24. The summed E-state index contributed by atoms with van der Waals surface area (Å²) in [6, 6.07) is 0.992. The fourth-order valence-corrected chi connectivity index (χ4v) is 3.09. The van der Waals surface area contributed by atoms with Crippen molar-refractivity contribution in [3.63, 3.8) is 0 Å². The largest absolute Gasteiger partial charge is 0.397 e. The maximum atomic E-state index is 10.9. The average molecular weight is 230 g/mol. The highest BCUT2D eigenvalue weighted by atomic mass is 28.3. The predicted molar refractivity (Wildman–Crippen MR) is 64.3 cm³/mol. The number of allylic oxidation sites excluding steroid dienone is 1. The van der Waals surface area contributed by atoms with Crippen LogP contribution in [0.1, 0.15) is 33.1 Å². The lowest BCUT2D eigenvalue weighted by Crippen LogP contribution is -2.22. The first kappa shape index (κ1) is 14.5. The molecule has 0 saturated heterocycles. The quantitative estimate of drug-likeness (QED) is 0.328. The normalized spacial score (nSPS) is 10.6. The van der Waals surface area contributed by atoms with E-state index in [-0.39, 0.29) is 5.78 Å². The van der Waals surface area contributed by atoms with E-state index in [2.05, 4.69) is 6.58 Å². The first-order valence-electron chi connectivity index (χ1n) is 5.63. The van der Waals surface area contributed by atoms with Gasteiger partial charge in [0.15, 0.2) is 5.78 Å². The van der Waals surface area contributed by atoms with Crippen molar-refractivity contribution in [2.45, 2.75) is 39.2 Å². The molecule has 0 bridgehead atoms. The molecule has 15 heavy (non-hydrogen) atoms. The molecule has 0 N–H and O–H groups in total. The van der Waals surface area contributed by atoms with Crippen LogP contribution in [0.2, 0.25) is 6.04 Å². The van der Waals surface area contributed by atoms with Gasteiger partial charge in [0.2, 0.25) is 0 Å². The highest BCUT2D eigenvalue weighted by Crippen LogP contribution is 2.07. The number of rotatable bonds is 10. The Morgan fingerprint density at radius 2 is 1.87 bits per heavy atom. The molecule has 0 aromatic carbocycles. The zero-order valence-electron chi connectivity index (χ0n) is 9.83. The van der Waals surface area contributed by atoms with E-state index in [1.807, 2.05) is 13.8 Å².